The van der Waals surface area contributed by atoms with Gasteiger partial charge in [0.15, 0.2) is 0 Å². The largest absolute Gasteiger partial charge is 0.334 e. The van der Waals surface area contributed by atoms with Crippen molar-refractivity contribution in [2.24, 2.45) is 18.7 Å². The Bertz CT molecular complexity index is 554. The molecule has 4 nitrogen and oxygen atoms in total. The van der Waals surface area contributed by atoms with Crippen molar-refractivity contribution in [2.75, 3.05) is 13.1 Å². The predicted molar refractivity (Wildman–Crippen MR) is 77.9 cm³/mol. The lowest BCUT2D eigenvalue weighted by atomic mass is 9.90. The van der Waals surface area contributed by atoms with Crippen molar-refractivity contribution < 1.29 is 0 Å². The van der Waals surface area contributed by atoms with Crippen LogP contribution in [0.5, 0.6) is 0 Å². The molecule has 0 radical (unpaired) electrons. The van der Waals surface area contributed by atoms with E-state index in [1.54, 1.807) is 0 Å². The first-order valence-electron chi connectivity index (χ1n) is 7.11. The van der Waals surface area contributed by atoms with Crippen LogP contribution in [0.1, 0.15) is 30.9 Å². The molecule has 3 N–H and O–H groups in total. The van der Waals surface area contributed by atoms with E-state index in [0.717, 1.165) is 30.5 Å². The van der Waals surface area contributed by atoms with Gasteiger partial charge in [-0.1, -0.05) is 6.07 Å². The number of nitrogens with one attached hydrogen (secondary N) is 1. The zero-order valence-corrected chi connectivity index (χ0v) is 11.5. The molecule has 102 valence electrons. The molecule has 1 aromatic carbocycles. The quantitative estimate of drug-likeness (QED) is 0.885. The van der Waals surface area contributed by atoms with E-state index in [4.69, 9.17) is 5.73 Å². The van der Waals surface area contributed by atoms with Gasteiger partial charge >= 0.3 is 0 Å². The second-order valence-corrected chi connectivity index (χ2v) is 5.66. The fourth-order valence-corrected chi connectivity index (χ4v) is 3.00. The van der Waals surface area contributed by atoms with Crippen LogP contribution in [0.15, 0.2) is 24.5 Å². The monoisotopic (exact) mass is 258 g/mol. The highest BCUT2D eigenvalue weighted by atomic mass is 15.0. The second kappa shape index (κ2) is 5.31. The number of imidazole rings is 1. The van der Waals surface area contributed by atoms with Crippen LogP contribution in [-0.4, -0.2) is 22.6 Å². The van der Waals surface area contributed by atoms with Crippen molar-refractivity contribution in [2.45, 2.75) is 25.3 Å². The van der Waals surface area contributed by atoms with Crippen molar-refractivity contribution in [3.63, 3.8) is 0 Å². The average Bonchev–Trinajstić information content (AvgIpc) is 2.81. The lowest BCUT2D eigenvalue weighted by molar-refractivity contribution is 0.337. The van der Waals surface area contributed by atoms with E-state index in [9.17, 15) is 0 Å². The summed E-state index contributed by atoms with van der Waals surface area (Å²) < 4.78 is 2.04. The number of nitrogens with two attached hydrogens (primary N) is 1. The molecule has 2 aromatic rings. The molecule has 1 saturated heterocycles. The van der Waals surface area contributed by atoms with Crippen LogP contribution in [-0.2, 0) is 7.05 Å². The lowest BCUT2D eigenvalue weighted by Gasteiger charge is -2.25. The van der Waals surface area contributed by atoms with E-state index in [1.165, 1.54) is 18.4 Å². The molecule has 1 aliphatic rings. The van der Waals surface area contributed by atoms with Gasteiger partial charge in [-0.25, -0.2) is 4.98 Å². The minimum absolute atomic E-state index is 0.122. The summed E-state index contributed by atoms with van der Waals surface area (Å²) in [6, 6.07) is 6.52. The van der Waals surface area contributed by atoms with Crippen molar-refractivity contribution in [3.05, 3.63) is 30.1 Å². The molecule has 1 aliphatic heterocycles. The second-order valence-electron chi connectivity index (χ2n) is 5.66. The number of rotatable bonds is 3. The first-order valence-corrected chi connectivity index (χ1v) is 7.11. The molecular formula is C15H22N4. The molecule has 4 heteroatoms. The van der Waals surface area contributed by atoms with Crippen molar-refractivity contribution >= 4 is 11.0 Å². The average molecular weight is 258 g/mol. The molecule has 2 atom stereocenters. The fraction of sp³-hybridized carbons (Fsp3) is 0.533. The lowest BCUT2D eigenvalue weighted by Crippen LogP contribution is -2.31. The number of hydrogen-bond donors (Lipinski definition) is 2. The van der Waals surface area contributed by atoms with Gasteiger partial charge in [0.05, 0.1) is 17.4 Å². The molecular weight excluding hydrogens is 236 g/mol. The van der Waals surface area contributed by atoms with Gasteiger partial charge in [-0.15, -0.1) is 0 Å². The summed E-state index contributed by atoms with van der Waals surface area (Å²) in [4.78, 5) is 4.40. The van der Waals surface area contributed by atoms with E-state index in [0.29, 0.717) is 5.92 Å². The highest BCUT2D eigenvalue weighted by molar-refractivity contribution is 5.76. The van der Waals surface area contributed by atoms with Crippen molar-refractivity contribution in [3.8, 4) is 0 Å². The van der Waals surface area contributed by atoms with Gasteiger partial charge in [0.25, 0.3) is 0 Å². The number of fused-ring (bicyclic) bond motifs is 1. The molecule has 2 heterocycles. The summed E-state index contributed by atoms with van der Waals surface area (Å²) in [5.41, 5.74) is 9.77. The Balaban J connectivity index is 1.75. The maximum absolute atomic E-state index is 6.36. The minimum Gasteiger partial charge on any atom is -0.334 e. The van der Waals surface area contributed by atoms with E-state index < -0.39 is 0 Å². The molecule has 3 rings (SSSR count). The third kappa shape index (κ3) is 2.65. The molecule has 2 unspecified atom stereocenters. The molecule has 0 aliphatic carbocycles. The zero-order valence-electron chi connectivity index (χ0n) is 11.5. The Morgan fingerprint density at radius 1 is 1.53 bits per heavy atom. The van der Waals surface area contributed by atoms with Crippen LogP contribution in [0.25, 0.3) is 11.0 Å². The van der Waals surface area contributed by atoms with Crippen molar-refractivity contribution in [1.82, 2.24) is 14.9 Å². The van der Waals surface area contributed by atoms with Crippen molar-refractivity contribution in [1.29, 1.82) is 0 Å². The summed E-state index contributed by atoms with van der Waals surface area (Å²) in [6.45, 7) is 2.27. The van der Waals surface area contributed by atoms with Gasteiger partial charge in [-0.05, 0) is 56.0 Å². The van der Waals surface area contributed by atoms with Gasteiger partial charge in [-0.3, -0.25) is 0 Å². The van der Waals surface area contributed by atoms with Crippen LogP contribution in [0, 0.1) is 5.92 Å². The summed E-state index contributed by atoms with van der Waals surface area (Å²) >= 11 is 0. The highest BCUT2D eigenvalue weighted by Gasteiger charge is 2.17. The Kier molecular flexibility index (Phi) is 3.53. The summed E-state index contributed by atoms with van der Waals surface area (Å²) in [5.74, 6) is 0.711. The van der Waals surface area contributed by atoms with Gasteiger partial charge in [0.1, 0.15) is 0 Å². The Hall–Kier alpha value is -1.39. The third-order valence-electron chi connectivity index (χ3n) is 4.16. The molecule has 1 aromatic heterocycles. The molecule has 0 bridgehead atoms. The van der Waals surface area contributed by atoms with Crippen LogP contribution >= 0.6 is 0 Å². The van der Waals surface area contributed by atoms with Crippen LogP contribution in [0.4, 0.5) is 0 Å². The van der Waals surface area contributed by atoms with Gasteiger partial charge in [0, 0.05) is 13.1 Å². The number of nitrogens with zero attached hydrogens (tertiary/aromatic N) is 2. The topological polar surface area (TPSA) is 55.9 Å². The normalized spacial score (nSPS) is 21.7. The van der Waals surface area contributed by atoms with E-state index in [-0.39, 0.29) is 6.04 Å². The fourth-order valence-electron chi connectivity index (χ4n) is 3.00. The third-order valence-corrected chi connectivity index (χ3v) is 4.16. The van der Waals surface area contributed by atoms with E-state index in [2.05, 4.69) is 28.5 Å². The Morgan fingerprint density at radius 2 is 2.42 bits per heavy atom. The summed E-state index contributed by atoms with van der Waals surface area (Å²) in [5, 5.41) is 3.45. The molecule has 0 saturated carbocycles. The number of benzene rings is 1. The van der Waals surface area contributed by atoms with Gasteiger partial charge in [0.2, 0.25) is 0 Å². The smallest absolute Gasteiger partial charge is 0.0955 e. The maximum Gasteiger partial charge on any atom is 0.0955 e. The number of piperidine rings is 1. The van der Waals surface area contributed by atoms with Gasteiger partial charge in [-0.2, -0.15) is 0 Å². The Morgan fingerprint density at radius 3 is 3.21 bits per heavy atom. The molecule has 0 amide bonds. The SMILES string of the molecule is Cn1cnc2cc(C(N)CC3CCCNC3)ccc21. The zero-order chi connectivity index (χ0) is 13.2. The minimum atomic E-state index is 0.122. The van der Waals surface area contributed by atoms with Gasteiger partial charge < -0.3 is 15.6 Å². The standard InChI is InChI=1S/C15H22N4/c1-19-10-18-14-8-12(4-5-15(14)19)13(16)7-11-3-2-6-17-9-11/h4-5,8,10-11,13,17H,2-3,6-7,9,16H2,1H3. The molecule has 0 spiro atoms. The van der Waals surface area contributed by atoms with E-state index >= 15 is 0 Å². The molecule has 1 fully saturated rings. The maximum atomic E-state index is 6.36. The van der Waals surface area contributed by atoms with E-state index in [1.807, 2.05) is 17.9 Å². The number of aromatic nitrogens is 2. The first-order chi connectivity index (χ1) is 9.24. The van der Waals surface area contributed by atoms with Crippen LogP contribution in [0.2, 0.25) is 0 Å². The summed E-state index contributed by atoms with van der Waals surface area (Å²) in [6.07, 6.45) is 5.49. The predicted octanol–water partition coefficient (Wildman–Crippen LogP) is 1.96. The number of hydrogen-bond acceptors (Lipinski definition) is 3. The Labute approximate surface area is 114 Å². The van der Waals surface area contributed by atoms with Crippen LogP contribution < -0.4 is 11.1 Å². The summed E-state index contributed by atoms with van der Waals surface area (Å²) in [7, 11) is 2.02. The first kappa shape index (κ1) is 12.6. The highest BCUT2D eigenvalue weighted by Crippen LogP contribution is 2.25. The molecule has 19 heavy (non-hydrogen) atoms. The van der Waals surface area contributed by atoms with Crippen LogP contribution in [0.3, 0.4) is 0 Å². The number of aryl methyl sites for hydroxylation is 1.